The van der Waals surface area contributed by atoms with Gasteiger partial charge in [-0.2, -0.15) is 0 Å². The average Bonchev–Trinajstić information content (AvgIpc) is 2.70. The molecule has 4 rings (SSSR count). The molecular formula is C19H18N4O6S. The lowest BCUT2D eigenvalue weighted by molar-refractivity contribution is -0.141. The Morgan fingerprint density at radius 2 is 1.97 bits per heavy atom. The van der Waals surface area contributed by atoms with Crippen LogP contribution in [0.5, 0.6) is 5.75 Å². The summed E-state index contributed by atoms with van der Waals surface area (Å²) in [5.74, 6) is -1.99. The number of para-hydroxylation sites is 1. The summed E-state index contributed by atoms with van der Waals surface area (Å²) >= 11 is 0. The molecular weight excluding hydrogens is 412 g/mol. The van der Waals surface area contributed by atoms with Crippen LogP contribution in [0.25, 0.3) is 11.0 Å². The molecule has 0 bridgehead atoms. The molecule has 0 spiro atoms. The number of carboxylic acids is 1. The molecule has 1 unspecified atom stereocenters. The van der Waals surface area contributed by atoms with Crippen molar-refractivity contribution in [1.82, 2.24) is 9.55 Å². The third-order valence-electron chi connectivity index (χ3n) is 4.81. The van der Waals surface area contributed by atoms with Gasteiger partial charge >= 0.3 is 5.97 Å². The van der Waals surface area contributed by atoms with Gasteiger partial charge in [0.05, 0.1) is 11.1 Å². The van der Waals surface area contributed by atoms with E-state index in [1.54, 1.807) is 25.1 Å². The summed E-state index contributed by atoms with van der Waals surface area (Å²) in [7, 11) is -3.65. The minimum atomic E-state index is -3.65. The average molecular weight is 430 g/mol. The van der Waals surface area contributed by atoms with Crippen LogP contribution in [0.2, 0.25) is 0 Å². The number of hydrogen-bond acceptors (Lipinski definition) is 8. The first-order chi connectivity index (χ1) is 14.3. The second-order valence-electron chi connectivity index (χ2n) is 6.62. The van der Waals surface area contributed by atoms with Crippen molar-refractivity contribution in [3.63, 3.8) is 0 Å². The predicted octanol–water partition coefficient (Wildman–Crippen LogP) is 3.03. The fraction of sp³-hybridized carbons (Fsp3) is 0.158. The van der Waals surface area contributed by atoms with Crippen LogP contribution in [0.4, 0.5) is 5.69 Å². The molecule has 0 aliphatic carbocycles. The highest BCUT2D eigenvalue weighted by molar-refractivity contribution is 8.23. The molecule has 11 heteroatoms. The molecule has 1 aromatic carbocycles. The van der Waals surface area contributed by atoms with E-state index in [4.69, 9.17) is 0 Å². The third kappa shape index (κ3) is 3.00. The molecule has 2 aromatic heterocycles. The van der Waals surface area contributed by atoms with E-state index in [1.165, 1.54) is 24.4 Å². The SMILES string of the molecule is CCC(C(=O)O)n1c(=O)c(C2=NS(O)(O)c3ccccc3N2)c(O)c2cccnc21. The molecule has 5 N–H and O–H groups in total. The van der Waals surface area contributed by atoms with Gasteiger partial charge < -0.3 is 15.5 Å². The molecule has 10 nitrogen and oxygen atoms in total. The molecule has 3 aromatic rings. The summed E-state index contributed by atoms with van der Waals surface area (Å²) in [5.41, 5.74) is -0.927. The first-order valence-electron chi connectivity index (χ1n) is 8.95. The van der Waals surface area contributed by atoms with Crippen LogP contribution in [0.15, 0.2) is 56.7 Å². The summed E-state index contributed by atoms with van der Waals surface area (Å²) in [6, 6.07) is 8.10. The number of nitrogens with one attached hydrogen (secondary N) is 1. The van der Waals surface area contributed by atoms with Gasteiger partial charge in [-0.05, 0) is 30.7 Å². The molecule has 0 radical (unpaired) electrons. The highest BCUT2D eigenvalue weighted by atomic mass is 32.3. The molecule has 0 saturated carbocycles. The van der Waals surface area contributed by atoms with Gasteiger partial charge in [-0.15, -0.1) is 4.40 Å². The summed E-state index contributed by atoms with van der Waals surface area (Å²) < 4.78 is 25.8. The predicted molar refractivity (Wildman–Crippen MR) is 112 cm³/mol. The van der Waals surface area contributed by atoms with Crippen LogP contribution >= 0.6 is 10.8 Å². The van der Waals surface area contributed by atoms with Gasteiger partial charge in [0.1, 0.15) is 27.9 Å². The highest BCUT2D eigenvalue weighted by Crippen LogP contribution is 2.55. The van der Waals surface area contributed by atoms with E-state index in [2.05, 4.69) is 14.7 Å². The number of amidine groups is 1. The monoisotopic (exact) mass is 430 g/mol. The van der Waals surface area contributed by atoms with Crippen molar-refractivity contribution in [3.8, 4) is 5.75 Å². The molecule has 30 heavy (non-hydrogen) atoms. The van der Waals surface area contributed by atoms with Crippen molar-refractivity contribution in [3.05, 3.63) is 58.5 Å². The first kappa shape index (κ1) is 19.9. The Morgan fingerprint density at radius 3 is 2.67 bits per heavy atom. The van der Waals surface area contributed by atoms with E-state index in [-0.39, 0.29) is 33.7 Å². The Balaban J connectivity index is 2.05. The number of rotatable bonds is 4. The van der Waals surface area contributed by atoms with Gasteiger partial charge in [-0.25, -0.2) is 9.78 Å². The molecule has 0 fully saturated rings. The Kier molecular flexibility index (Phi) is 4.73. The molecule has 1 aliphatic rings. The minimum absolute atomic E-state index is 0.00131. The minimum Gasteiger partial charge on any atom is -0.506 e. The van der Waals surface area contributed by atoms with E-state index < -0.39 is 34.1 Å². The number of aliphatic carboxylic acids is 1. The number of pyridine rings is 2. The van der Waals surface area contributed by atoms with Crippen molar-refractivity contribution < 1.29 is 24.1 Å². The van der Waals surface area contributed by atoms with Gasteiger partial charge in [-0.1, -0.05) is 29.8 Å². The maximum absolute atomic E-state index is 13.4. The lowest BCUT2D eigenvalue weighted by atomic mass is 10.1. The van der Waals surface area contributed by atoms with Gasteiger partial charge in [0.2, 0.25) is 0 Å². The Morgan fingerprint density at radius 1 is 1.23 bits per heavy atom. The zero-order valence-corrected chi connectivity index (χ0v) is 16.5. The number of hydrogen-bond donors (Lipinski definition) is 5. The smallest absolute Gasteiger partial charge is 0.326 e. The van der Waals surface area contributed by atoms with Crippen LogP contribution in [0.1, 0.15) is 24.9 Å². The molecule has 0 amide bonds. The largest absolute Gasteiger partial charge is 0.506 e. The summed E-state index contributed by atoms with van der Waals surface area (Å²) in [6.07, 6.45) is 1.47. The molecule has 0 saturated heterocycles. The van der Waals surface area contributed by atoms with Crippen molar-refractivity contribution >= 4 is 39.3 Å². The standard InChI is InChI=1S/C19H18N4O6S/c1-2-12(19(26)27)23-17-10(6-5-9-20-17)15(24)14(18(23)25)16-21-11-7-3-4-8-13(11)30(28,29)22-16/h3-9,12,24,28-29H,2H2,1H3,(H,21,22)(H,26,27). The summed E-state index contributed by atoms with van der Waals surface area (Å²) in [4.78, 5) is 29.4. The van der Waals surface area contributed by atoms with Gasteiger partial charge in [0, 0.05) is 6.20 Å². The van der Waals surface area contributed by atoms with Crippen molar-refractivity contribution in [2.24, 2.45) is 4.40 Å². The van der Waals surface area contributed by atoms with Crippen LogP contribution in [0, 0.1) is 0 Å². The Bertz CT molecular complexity index is 1270. The molecule has 1 aliphatic heterocycles. The quantitative estimate of drug-likeness (QED) is 0.423. The second kappa shape index (κ2) is 7.13. The fourth-order valence-electron chi connectivity index (χ4n) is 3.44. The molecule has 156 valence electrons. The number of anilines is 1. The molecule has 3 heterocycles. The van der Waals surface area contributed by atoms with Crippen molar-refractivity contribution in [2.75, 3.05) is 5.32 Å². The number of carboxylic acid groups (broad SMARTS) is 1. The first-order valence-corrected chi connectivity index (χ1v) is 10.5. The van der Waals surface area contributed by atoms with Gasteiger partial charge in [-0.3, -0.25) is 18.5 Å². The van der Waals surface area contributed by atoms with E-state index >= 15 is 0 Å². The number of aromatic nitrogens is 2. The number of carbonyl (C=O) groups is 1. The Labute approximate surface area is 171 Å². The second-order valence-corrected chi connectivity index (χ2v) is 8.28. The summed E-state index contributed by atoms with van der Waals surface area (Å²) in [6.45, 7) is 1.61. The maximum atomic E-state index is 13.4. The van der Waals surface area contributed by atoms with Gasteiger partial charge in [0.15, 0.2) is 5.84 Å². The van der Waals surface area contributed by atoms with Crippen LogP contribution < -0.4 is 10.9 Å². The van der Waals surface area contributed by atoms with Crippen molar-refractivity contribution in [2.45, 2.75) is 24.3 Å². The van der Waals surface area contributed by atoms with Gasteiger partial charge in [0.25, 0.3) is 5.56 Å². The zero-order chi connectivity index (χ0) is 21.6. The zero-order valence-electron chi connectivity index (χ0n) is 15.7. The van der Waals surface area contributed by atoms with Crippen molar-refractivity contribution in [1.29, 1.82) is 0 Å². The van der Waals surface area contributed by atoms with Crippen LogP contribution in [-0.2, 0) is 4.79 Å². The number of benzene rings is 1. The van der Waals surface area contributed by atoms with E-state index in [1.807, 2.05) is 0 Å². The number of aromatic hydroxyl groups is 1. The van der Waals surface area contributed by atoms with Crippen LogP contribution in [0.3, 0.4) is 0 Å². The lowest BCUT2D eigenvalue weighted by Crippen LogP contribution is -2.36. The highest BCUT2D eigenvalue weighted by Gasteiger charge is 2.32. The topological polar surface area (TPSA) is 157 Å². The lowest BCUT2D eigenvalue weighted by Gasteiger charge is -2.34. The number of nitrogens with zero attached hydrogens (tertiary/aromatic N) is 3. The molecule has 1 atom stereocenters. The Hall–Kier alpha value is -3.41. The maximum Gasteiger partial charge on any atom is 0.326 e. The third-order valence-corrected chi connectivity index (χ3v) is 6.20. The van der Waals surface area contributed by atoms with E-state index in [9.17, 15) is 28.9 Å². The normalized spacial score (nSPS) is 16.8. The number of fused-ring (bicyclic) bond motifs is 2. The van der Waals surface area contributed by atoms with E-state index in [0.29, 0.717) is 5.69 Å². The van der Waals surface area contributed by atoms with Crippen LogP contribution in [-0.4, -0.2) is 40.7 Å². The fourth-order valence-corrected chi connectivity index (χ4v) is 4.61. The summed E-state index contributed by atoms with van der Waals surface area (Å²) in [5, 5.41) is 23.4. The van der Waals surface area contributed by atoms with E-state index in [0.717, 1.165) is 4.57 Å².